The molecule has 1 atom stereocenters. The van der Waals surface area contributed by atoms with Crippen LogP contribution >= 0.6 is 23.2 Å². The first-order chi connectivity index (χ1) is 5.09. The highest BCUT2D eigenvalue weighted by Crippen LogP contribution is 2.21. The van der Waals surface area contributed by atoms with Gasteiger partial charge in [0.05, 0.1) is 0 Å². The summed E-state index contributed by atoms with van der Waals surface area (Å²) >= 11 is 11.5. The van der Waals surface area contributed by atoms with E-state index in [0.717, 1.165) is 5.56 Å². The molecule has 0 saturated carbocycles. The van der Waals surface area contributed by atoms with Crippen LogP contribution in [0.4, 0.5) is 0 Å². The van der Waals surface area contributed by atoms with Crippen molar-refractivity contribution < 1.29 is 0 Å². The second-order valence-electron chi connectivity index (χ2n) is 2.49. The van der Waals surface area contributed by atoms with Crippen molar-refractivity contribution in [3.8, 4) is 0 Å². The van der Waals surface area contributed by atoms with Crippen LogP contribution in [0.15, 0.2) is 18.2 Å². The van der Waals surface area contributed by atoms with Crippen molar-refractivity contribution in [1.29, 1.82) is 0 Å². The molecule has 0 radical (unpaired) electrons. The Bertz CT molecular complexity index is 238. The molecule has 0 unspecified atom stereocenters. The molecule has 0 fully saturated rings. The Kier molecular flexibility index (Phi) is 2.77. The Morgan fingerprint density at radius 3 is 2.00 bits per heavy atom. The lowest BCUT2D eigenvalue weighted by Crippen LogP contribution is -2.04. The maximum Gasteiger partial charge on any atom is 0.0424 e. The summed E-state index contributed by atoms with van der Waals surface area (Å²) in [5.41, 5.74) is 6.59. The lowest BCUT2D eigenvalue weighted by molar-refractivity contribution is 0.818. The molecule has 0 aliphatic rings. The van der Waals surface area contributed by atoms with Crippen molar-refractivity contribution >= 4 is 23.2 Å². The van der Waals surface area contributed by atoms with Crippen LogP contribution in [0, 0.1) is 0 Å². The molecular formula is C8H9Cl2N. The minimum atomic E-state index is -0.0220. The van der Waals surface area contributed by atoms with E-state index in [1.807, 2.05) is 19.1 Å². The minimum Gasteiger partial charge on any atom is -0.324 e. The highest BCUT2D eigenvalue weighted by Gasteiger charge is 2.01. The molecule has 0 aliphatic heterocycles. The minimum absolute atomic E-state index is 0.0220. The molecule has 0 aromatic heterocycles. The topological polar surface area (TPSA) is 26.0 Å². The van der Waals surface area contributed by atoms with Gasteiger partial charge in [-0.05, 0) is 30.7 Å². The number of halogens is 2. The van der Waals surface area contributed by atoms with Crippen molar-refractivity contribution in [2.75, 3.05) is 0 Å². The fourth-order valence-corrected chi connectivity index (χ4v) is 1.38. The Morgan fingerprint density at radius 2 is 1.64 bits per heavy atom. The Morgan fingerprint density at radius 1 is 1.18 bits per heavy atom. The first-order valence-corrected chi connectivity index (χ1v) is 4.07. The third kappa shape index (κ3) is 2.37. The predicted molar refractivity (Wildman–Crippen MR) is 49.1 cm³/mol. The summed E-state index contributed by atoms with van der Waals surface area (Å²) in [5.74, 6) is 0. The zero-order valence-corrected chi connectivity index (χ0v) is 7.65. The maximum atomic E-state index is 5.75. The third-order valence-corrected chi connectivity index (χ3v) is 1.85. The van der Waals surface area contributed by atoms with Gasteiger partial charge in [-0.2, -0.15) is 0 Å². The van der Waals surface area contributed by atoms with E-state index in [1.54, 1.807) is 6.07 Å². The monoisotopic (exact) mass is 189 g/mol. The lowest BCUT2D eigenvalue weighted by atomic mass is 10.1. The van der Waals surface area contributed by atoms with Crippen LogP contribution < -0.4 is 5.73 Å². The van der Waals surface area contributed by atoms with Crippen LogP contribution in [0.5, 0.6) is 0 Å². The second kappa shape index (κ2) is 3.44. The molecule has 1 aromatic rings. The molecular weight excluding hydrogens is 181 g/mol. The first-order valence-electron chi connectivity index (χ1n) is 3.31. The summed E-state index contributed by atoms with van der Waals surface area (Å²) in [7, 11) is 0. The van der Waals surface area contributed by atoms with Gasteiger partial charge in [0.1, 0.15) is 0 Å². The fraction of sp³-hybridized carbons (Fsp3) is 0.250. The molecule has 3 heteroatoms. The van der Waals surface area contributed by atoms with Gasteiger partial charge in [-0.15, -0.1) is 0 Å². The van der Waals surface area contributed by atoms with Gasteiger partial charge in [-0.1, -0.05) is 23.2 Å². The number of hydrogen-bond donors (Lipinski definition) is 1. The Labute approximate surface area is 76.1 Å². The molecule has 0 bridgehead atoms. The highest BCUT2D eigenvalue weighted by molar-refractivity contribution is 6.34. The Hall–Kier alpha value is -0.240. The molecule has 1 aromatic carbocycles. The number of hydrogen-bond acceptors (Lipinski definition) is 1. The smallest absolute Gasteiger partial charge is 0.0424 e. The number of rotatable bonds is 1. The van der Waals surface area contributed by atoms with Gasteiger partial charge in [0.15, 0.2) is 0 Å². The highest BCUT2D eigenvalue weighted by atomic mass is 35.5. The van der Waals surface area contributed by atoms with E-state index in [4.69, 9.17) is 28.9 Å². The molecule has 11 heavy (non-hydrogen) atoms. The molecule has 0 saturated heterocycles. The van der Waals surface area contributed by atoms with Gasteiger partial charge >= 0.3 is 0 Å². The summed E-state index contributed by atoms with van der Waals surface area (Å²) in [4.78, 5) is 0. The summed E-state index contributed by atoms with van der Waals surface area (Å²) in [6, 6.07) is 5.30. The standard InChI is InChI=1S/C8H9Cl2N/c1-5(11)6-2-7(9)4-8(10)3-6/h2-5H,11H2,1H3/t5-/m1/s1. The molecule has 0 aliphatic carbocycles. The van der Waals surface area contributed by atoms with Crippen molar-refractivity contribution in [1.82, 2.24) is 0 Å². The summed E-state index contributed by atoms with van der Waals surface area (Å²) in [6.45, 7) is 1.89. The largest absolute Gasteiger partial charge is 0.324 e. The third-order valence-electron chi connectivity index (χ3n) is 1.41. The molecule has 0 heterocycles. The fourth-order valence-electron chi connectivity index (χ4n) is 0.838. The van der Waals surface area contributed by atoms with E-state index in [2.05, 4.69) is 0 Å². The van der Waals surface area contributed by atoms with Crippen LogP contribution in [0.2, 0.25) is 10.0 Å². The average molecular weight is 190 g/mol. The van der Waals surface area contributed by atoms with Crippen LogP contribution in [-0.4, -0.2) is 0 Å². The average Bonchev–Trinajstić information content (AvgIpc) is 1.85. The molecule has 1 nitrogen and oxygen atoms in total. The van der Waals surface area contributed by atoms with Crippen molar-refractivity contribution in [2.45, 2.75) is 13.0 Å². The molecule has 0 spiro atoms. The van der Waals surface area contributed by atoms with Gasteiger partial charge in [-0.25, -0.2) is 0 Å². The molecule has 60 valence electrons. The van der Waals surface area contributed by atoms with E-state index in [0.29, 0.717) is 10.0 Å². The summed E-state index contributed by atoms with van der Waals surface area (Å²) < 4.78 is 0. The zero-order chi connectivity index (χ0) is 8.43. The van der Waals surface area contributed by atoms with Crippen molar-refractivity contribution in [3.05, 3.63) is 33.8 Å². The molecule has 0 amide bonds. The number of nitrogens with two attached hydrogens (primary N) is 1. The summed E-state index contributed by atoms with van der Waals surface area (Å²) in [6.07, 6.45) is 0. The van der Waals surface area contributed by atoms with Gasteiger partial charge in [-0.3, -0.25) is 0 Å². The first kappa shape index (κ1) is 8.85. The predicted octanol–water partition coefficient (Wildman–Crippen LogP) is 3.01. The van der Waals surface area contributed by atoms with E-state index in [9.17, 15) is 0 Å². The van der Waals surface area contributed by atoms with E-state index in [1.165, 1.54) is 0 Å². The van der Waals surface area contributed by atoms with Crippen LogP contribution in [0.3, 0.4) is 0 Å². The van der Waals surface area contributed by atoms with Gasteiger partial charge in [0.2, 0.25) is 0 Å². The van der Waals surface area contributed by atoms with E-state index < -0.39 is 0 Å². The van der Waals surface area contributed by atoms with Crippen LogP contribution in [-0.2, 0) is 0 Å². The van der Waals surface area contributed by atoms with Crippen LogP contribution in [0.25, 0.3) is 0 Å². The lowest BCUT2D eigenvalue weighted by Gasteiger charge is -2.05. The van der Waals surface area contributed by atoms with E-state index >= 15 is 0 Å². The van der Waals surface area contributed by atoms with Gasteiger partial charge < -0.3 is 5.73 Å². The van der Waals surface area contributed by atoms with Gasteiger partial charge in [0, 0.05) is 16.1 Å². The van der Waals surface area contributed by atoms with Gasteiger partial charge in [0.25, 0.3) is 0 Å². The van der Waals surface area contributed by atoms with Crippen molar-refractivity contribution in [2.24, 2.45) is 5.73 Å². The number of benzene rings is 1. The molecule has 2 N–H and O–H groups in total. The zero-order valence-electron chi connectivity index (χ0n) is 6.14. The second-order valence-corrected chi connectivity index (χ2v) is 3.36. The quantitative estimate of drug-likeness (QED) is 0.723. The normalized spacial score (nSPS) is 13.1. The Balaban J connectivity index is 3.08. The molecule has 1 rings (SSSR count). The summed E-state index contributed by atoms with van der Waals surface area (Å²) in [5, 5.41) is 1.26. The van der Waals surface area contributed by atoms with Crippen molar-refractivity contribution in [3.63, 3.8) is 0 Å². The van der Waals surface area contributed by atoms with Crippen LogP contribution in [0.1, 0.15) is 18.5 Å². The van der Waals surface area contributed by atoms with E-state index in [-0.39, 0.29) is 6.04 Å². The SMILES string of the molecule is C[C@@H](N)c1cc(Cl)cc(Cl)c1. The maximum absolute atomic E-state index is 5.75.